The second kappa shape index (κ2) is 9.81. The van der Waals surface area contributed by atoms with Crippen molar-refractivity contribution >= 4 is 16.1 Å². The molecule has 0 spiro atoms. The molecule has 1 amide bonds. The van der Waals surface area contributed by atoms with Crippen LogP contribution in [0.15, 0.2) is 54.7 Å². The third kappa shape index (κ3) is 6.74. The molecule has 1 aromatic rings. The van der Waals surface area contributed by atoms with Gasteiger partial charge in [0.2, 0.25) is 0 Å². The van der Waals surface area contributed by atoms with Crippen molar-refractivity contribution in [2.75, 3.05) is 6.54 Å². The zero-order valence-corrected chi connectivity index (χ0v) is 17.5. The van der Waals surface area contributed by atoms with Crippen LogP contribution in [0.25, 0.3) is 0 Å². The Labute approximate surface area is 167 Å². The Morgan fingerprint density at radius 2 is 2.00 bits per heavy atom. The summed E-state index contributed by atoms with van der Waals surface area (Å²) in [5.41, 5.74) is -0.716. The number of hydrogen-bond acceptors (Lipinski definition) is 6. The predicted octanol–water partition coefficient (Wildman–Crippen LogP) is 2.09. The maximum atomic E-state index is 13.0. The SMILES string of the molecule is C=CC(NC(=O)OC(C)(C)C)C(O)CN([C@H](C)C=C)S(=O)(=O)c1ccccn1. The molecule has 3 atom stereocenters. The highest BCUT2D eigenvalue weighted by atomic mass is 32.2. The molecule has 0 aliphatic heterocycles. The summed E-state index contributed by atoms with van der Waals surface area (Å²) in [6.07, 6.45) is 2.12. The van der Waals surface area contributed by atoms with Gasteiger partial charge in [-0.25, -0.2) is 18.2 Å². The summed E-state index contributed by atoms with van der Waals surface area (Å²) < 4.78 is 32.1. The van der Waals surface area contributed by atoms with E-state index in [1.54, 1.807) is 39.8 Å². The van der Waals surface area contributed by atoms with Gasteiger partial charge in [-0.1, -0.05) is 18.2 Å². The molecule has 1 rings (SSSR count). The number of carbonyl (C=O) groups is 1. The molecular weight excluding hydrogens is 382 g/mol. The number of nitrogens with one attached hydrogen (secondary N) is 1. The third-order valence-electron chi connectivity index (χ3n) is 3.73. The van der Waals surface area contributed by atoms with Crippen molar-refractivity contribution in [3.63, 3.8) is 0 Å². The molecule has 0 fully saturated rings. The smallest absolute Gasteiger partial charge is 0.408 e. The van der Waals surface area contributed by atoms with Gasteiger partial charge in [0, 0.05) is 18.8 Å². The molecule has 0 bridgehead atoms. The minimum Gasteiger partial charge on any atom is -0.444 e. The molecule has 1 aromatic heterocycles. The van der Waals surface area contributed by atoms with E-state index in [1.165, 1.54) is 24.4 Å². The fraction of sp³-hybridized carbons (Fsp3) is 0.474. The third-order valence-corrected chi connectivity index (χ3v) is 5.59. The normalized spacial score (nSPS) is 15.4. The Morgan fingerprint density at radius 1 is 1.36 bits per heavy atom. The Balaban J connectivity index is 3.03. The molecule has 0 radical (unpaired) electrons. The first-order valence-corrected chi connectivity index (χ1v) is 10.2. The van der Waals surface area contributed by atoms with Crippen molar-refractivity contribution in [3.8, 4) is 0 Å². The first kappa shape index (κ1) is 23.8. The molecule has 1 heterocycles. The van der Waals surface area contributed by atoms with Crippen molar-refractivity contribution in [3.05, 3.63) is 49.7 Å². The van der Waals surface area contributed by atoms with Crippen LogP contribution in [0.2, 0.25) is 0 Å². The van der Waals surface area contributed by atoms with Gasteiger partial charge in [0.25, 0.3) is 10.0 Å². The van der Waals surface area contributed by atoms with E-state index in [0.717, 1.165) is 4.31 Å². The van der Waals surface area contributed by atoms with Crippen LogP contribution in [-0.2, 0) is 14.8 Å². The Hall–Kier alpha value is -2.23. The highest BCUT2D eigenvalue weighted by Crippen LogP contribution is 2.18. The average Bonchev–Trinajstić information content (AvgIpc) is 2.62. The number of aromatic nitrogens is 1. The largest absolute Gasteiger partial charge is 0.444 e. The minimum absolute atomic E-state index is 0.147. The summed E-state index contributed by atoms with van der Waals surface area (Å²) in [6, 6.07) is 2.99. The number of ether oxygens (including phenoxy) is 1. The zero-order valence-electron chi connectivity index (χ0n) is 16.7. The number of carbonyl (C=O) groups excluding carboxylic acids is 1. The lowest BCUT2D eigenvalue weighted by Gasteiger charge is -2.31. The van der Waals surface area contributed by atoms with E-state index < -0.39 is 39.9 Å². The van der Waals surface area contributed by atoms with E-state index in [9.17, 15) is 18.3 Å². The fourth-order valence-electron chi connectivity index (χ4n) is 2.27. The number of aliphatic hydroxyl groups excluding tert-OH is 1. The van der Waals surface area contributed by atoms with E-state index in [4.69, 9.17) is 4.74 Å². The molecule has 28 heavy (non-hydrogen) atoms. The van der Waals surface area contributed by atoms with Crippen molar-refractivity contribution in [1.29, 1.82) is 0 Å². The summed E-state index contributed by atoms with van der Waals surface area (Å²) in [5.74, 6) is 0. The average molecular weight is 412 g/mol. The van der Waals surface area contributed by atoms with Crippen molar-refractivity contribution < 1.29 is 23.1 Å². The van der Waals surface area contributed by atoms with Crippen LogP contribution < -0.4 is 5.32 Å². The van der Waals surface area contributed by atoms with Crippen molar-refractivity contribution in [1.82, 2.24) is 14.6 Å². The van der Waals surface area contributed by atoms with Crippen LogP contribution in [0.5, 0.6) is 0 Å². The monoisotopic (exact) mass is 411 g/mol. The predicted molar refractivity (Wildman–Crippen MR) is 107 cm³/mol. The van der Waals surface area contributed by atoms with Crippen LogP contribution in [0.4, 0.5) is 4.79 Å². The second-order valence-corrected chi connectivity index (χ2v) is 9.03. The fourth-order valence-corrected chi connectivity index (χ4v) is 3.83. The molecule has 0 saturated heterocycles. The van der Waals surface area contributed by atoms with Crippen LogP contribution in [0.3, 0.4) is 0 Å². The van der Waals surface area contributed by atoms with Crippen LogP contribution in [-0.4, -0.2) is 59.2 Å². The summed E-state index contributed by atoms with van der Waals surface area (Å²) in [5, 5.41) is 12.9. The molecule has 0 aliphatic carbocycles. The van der Waals surface area contributed by atoms with Gasteiger partial charge in [0.15, 0.2) is 5.03 Å². The number of rotatable bonds is 9. The van der Waals surface area contributed by atoms with Gasteiger partial charge in [-0.15, -0.1) is 13.2 Å². The maximum absolute atomic E-state index is 13.0. The Bertz CT molecular complexity index is 775. The number of nitrogens with zero attached hydrogens (tertiary/aromatic N) is 2. The molecule has 0 saturated carbocycles. The number of alkyl carbamates (subject to hydrolysis) is 1. The maximum Gasteiger partial charge on any atom is 0.408 e. The van der Waals surface area contributed by atoms with Gasteiger partial charge in [-0.2, -0.15) is 4.31 Å². The molecule has 0 aromatic carbocycles. The van der Waals surface area contributed by atoms with Gasteiger partial charge in [0.05, 0.1) is 12.1 Å². The molecule has 156 valence electrons. The Kier molecular flexibility index (Phi) is 8.34. The van der Waals surface area contributed by atoms with Gasteiger partial charge in [-0.3, -0.25) is 0 Å². The molecule has 9 heteroatoms. The molecule has 2 N–H and O–H groups in total. The first-order chi connectivity index (χ1) is 12.9. The lowest BCUT2D eigenvalue weighted by molar-refractivity contribution is 0.0438. The van der Waals surface area contributed by atoms with E-state index >= 15 is 0 Å². The standard InChI is InChI=1S/C19H29N3O5S/c1-7-14(3)22(28(25,26)17-11-9-10-12-20-17)13-16(23)15(8-2)21-18(24)27-19(4,5)6/h7-12,14-16,23H,1-2,13H2,3-6H3,(H,21,24)/t14-,15?,16?/m1/s1. The number of sulfonamides is 1. The first-order valence-electron chi connectivity index (χ1n) is 8.78. The molecule has 0 aliphatic rings. The van der Waals surface area contributed by atoms with E-state index in [2.05, 4.69) is 23.5 Å². The van der Waals surface area contributed by atoms with Crippen LogP contribution in [0.1, 0.15) is 27.7 Å². The zero-order chi connectivity index (χ0) is 21.5. The van der Waals surface area contributed by atoms with Crippen LogP contribution >= 0.6 is 0 Å². The highest BCUT2D eigenvalue weighted by molar-refractivity contribution is 7.89. The molecular formula is C19H29N3O5S. The van der Waals surface area contributed by atoms with Crippen molar-refractivity contribution in [2.45, 2.75) is 56.5 Å². The van der Waals surface area contributed by atoms with Crippen molar-refractivity contribution in [2.24, 2.45) is 0 Å². The highest BCUT2D eigenvalue weighted by Gasteiger charge is 2.33. The van der Waals surface area contributed by atoms with E-state index in [1.807, 2.05) is 0 Å². The van der Waals surface area contributed by atoms with E-state index in [-0.39, 0.29) is 11.6 Å². The number of hydrogen-bond donors (Lipinski definition) is 2. The number of pyridine rings is 1. The lowest BCUT2D eigenvalue weighted by atomic mass is 10.1. The van der Waals surface area contributed by atoms with Gasteiger partial charge in [-0.05, 0) is 39.8 Å². The quantitative estimate of drug-likeness (QED) is 0.602. The minimum atomic E-state index is -3.99. The Morgan fingerprint density at radius 3 is 2.46 bits per heavy atom. The molecule has 2 unspecified atom stereocenters. The lowest BCUT2D eigenvalue weighted by Crippen LogP contribution is -2.51. The van der Waals surface area contributed by atoms with Gasteiger partial charge < -0.3 is 15.2 Å². The van der Waals surface area contributed by atoms with Gasteiger partial charge >= 0.3 is 6.09 Å². The molecule has 8 nitrogen and oxygen atoms in total. The number of amides is 1. The summed E-state index contributed by atoms with van der Waals surface area (Å²) >= 11 is 0. The van der Waals surface area contributed by atoms with Gasteiger partial charge in [0.1, 0.15) is 5.60 Å². The summed E-state index contributed by atoms with van der Waals surface area (Å²) in [7, 11) is -3.99. The van der Waals surface area contributed by atoms with Crippen LogP contribution in [0, 0.1) is 0 Å². The second-order valence-electron chi connectivity index (χ2n) is 7.19. The summed E-state index contributed by atoms with van der Waals surface area (Å²) in [4.78, 5) is 15.9. The number of aliphatic hydroxyl groups is 1. The van der Waals surface area contributed by atoms with E-state index in [0.29, 0.717) is 0 Å². The summed E-state index contributed by atoms with van der Waals surface area (Å²) in [6.45, 7) is 13.7. The topological polar surface area (TPSA) is 109 Å².